The van der Waals surface area contributed by atoms with Crippen molar-refractivity contribution in [1.29, 1.82) is 0 Å². The number of rotatable bonds is 3. The zero-order valence-electron chi connectivity index (χ0n) is 13.5. The predicted octanol–water partition coefficient (Wildman–Crippen LogP) is 3.39. The Morgan fingerprint density at radius 3 is 2.08 bits per heavy atom. The van der Waals surface area contributed by atoms with Gasteiger partial charge in [0.25, 0.3) is 0 Å². The molecule has 4 nitrogen and oxygen atoms in total. The Balaban J connectivity index is 2.27. The van der Waals surface area contributed by atoms with Gasteiger partial charge in [-0.3, -0.25) is 9.59 Å². The quantitative estimate of drug-likeness (QED) is 0.642. The van der Waals surface area contributed by atoms with Crippen LogP contribution in [0.2, 0.25) is 0 Å². The van der Waals surface area contributed by atoms with Crippen LogP contribution in [0, 0.1) is 6.92 Å². The first-order valence-electron chi connectivity index (χ1n) is 7.71. The van der Waals surface area contributed by atoms with Crippen LogP contribution in [0.4, 0.5) is 0 Å². The smallest absolute Gasteiger partial charge is 0.342 e. The number of Topliss-reactive ketones (excluding diaryl/α,β-unsaturated/α-hetero) is 2. The number of carbonyl (C=O) groups is 3. The summed E-state index contributed by atoms with van der Waals surface area (Å²) >= 11 is 0. The van der Waals surface area contributed by atoms with E-state index in [2.05, 4.69) is 0 Å². The Morgan fingerprint density at radius 2 is 1.50 bits per heavy atom. The maximum atomic E-state index is 12.9. The molecule has 0 spiro atoms. The Labute approximate surface area is 139 Å². The summed E-state index contributed by atoms with van der Waals surface area (Å²) in [6, 6.07) is 13.7. The van der Waals surface area contributed by atoms with Gasteiger partial charge in [-0.2, -0.15) is 0 Å². The molecule has 0 bridgehead atoms. The summed E-state index contributed by atoms with van der Waals surface area (Å²) in [5.41, 5.74) is 2.03. The van der Waals surface area contributed by atoms with E-state index in [1.54, 1.807) is 43.3 Å². The first-order valence-corrected chi connectivity index (χ1v) is 7.71. The van der Waals surface area contributed by atoms with Gasteiger partial charge in [0.15, 0.2) is 5.78 Å². The van der Waals surface area contributed by atoms with Gasteiger partial charge >= 0.3 is 5.97 Å². The second-order valence-corrected chi connectivity index (χ2v) is 5.54. The van der Waals surface area contributed by atoms with Crippen LogP contribution in [-0.2, 0) is 9.53 Å². The zero-order valence-corrected chi connectivity index (χ0v) is 13.5. The second kappa shape index (κ2) is 6.24. The molecule has 2 aromatic carbocycles. The highest BCUT2D eigenvalue weighted by Gasteiger charge is 2.36. The van der Waals surface area contributed by atoms with Crippen molar-refractivity contribution >= 4 is 23.1 Å². The number of allylic oxidation sites excluding steroid dienone is 1. The lowest BCUT2D eigenvalue weighted by Crippen LogP contribution is -2.27. The predicted molar refractivity (Wildman–Crippen MR) is 89.8 cm³/mol. The summed E-state index contributed by atoms with van der Waals surface area (Å²) in [4.78, 5) is 38.1. The van der Waals surface area contributed by atoms with Crippen molar-refractivity contribution < 1.29 is 19.1 Å². The fraction of sp³-hybridized carbons (Fsp3) is 0.150. The number of ether oxygens (including phenoxy) is 1. The van der Waals surface area contributed by atoms with E-state index in [4.69, 9.17) is 4.74 Å². The molecule has 0 radical (unpaired) electrons. The van der Waals surface area contributed by atoms with E-state index in [1.165, 1.54) is 0 Å². The second-order valence-electron chi connectivity index (χ2n) is 5.54. The summed E-state index contributed by atoms with van der Waals surface area (Å²) in [6.45, 7) is 3.72. The maximum absolute atomic E-state index is 12.9. The van der Waals surface area contributed by atoms with Gasteiger partial charge in [0, 0.05) is 16.7 Å². The highest BCUT2D eigenvalue weighted by atomic mass is 16.5. The number of benzene rings is 2. The fourth-order valence-corrected chi connectivity index (χ4v) is 2.77. The van der Waals surface area contributed by atoms with Crippen molar-refractivity contribution in [2.45, 2.75) is 13.8 Å². The minimum absolute atomic E-state index is 0.108. The van der Waals surface area contributed by atoms with Crippen LogP contribution >= 0.6 is 0 Å². The summed E-state index contributed by atoms with van der Waals surface area (Å²) in [6.07, 6.45) is 0. The van der Waals surface area contributed by atoms with Gasteiger partial charge in [-0.25, -0.2) is 4.79 Å². The molecular formula is C20H16O4. The number of hydrogen-bond donors (Lipinski definition) is 0. The molecule has 0 unspecified atom stereocenters. The van der Waals surface area contributed by atoms with Crippen LogP contribution < -0.4 is 0 Å². The molecular weight excluding hydrogens is 304 g/mol. The lowest BCUT2D eigenvalue weighted by Gasteiger charge is -2.20. The van der Waals surface area contributed by atoms with Crippen LogP contribution in [0.5, 0.6) is 0 Å². The molecule has 24 heavy (non-hydrogen) atoms. The van der Waals surface area contributed by atoms with Crippen LogP contribution in [0.25, 0.3) is 5.57 Å². The summed E-state index contributed by atoms with van der Waals surface area (Å²) < 4.78 is 5.02. The molecule has 1 aliphatic rings. The molecule has 0 atom stereocenters. The van der Waals surface area contributed by atoms with Crippen LogP contribution in [-0.4, -0.2) is 24.1 Å². The van der Waals surface area contributed by atoms with Gasteiger partial charge in [0.1, 0.15) is 5.57 Å². The number of carbonyl (C=O) groups excluding carboxylic acids is 3. The SMILES string of the molecule is CCOC(=O)C1=C(c2ccc(C)cc2)C(=O)c2ccccc2C1=O. The number of aryl methyl sites for hydroxylation is 1. The van der Waals surface area contributed by atoms with Gasteiger partial charge < -0.3 is 4.74 Å². The third kappa shape index (κ3) is 2.56. The van der Waals surface area contributed by atoms with Gasteiger partial charge in [-0.05, 0) is 19.4 Å². The van der Waals surface area contributed by atoms with Crippen molar-refractivity contribution in [1.82, 2.24) is 0 Å². The number of esters is 1. The van der Waals surface area contributed by atoms with Crippen LogP contribution in [0.1, 0.15) is 38.8 Å². The molecule has 0 N–H and O–H groups in total. The van der Waals surface area contributed by atoms with E-state index in [0.717, 1.165) is 5.56 Å². The van der Waals surface area contributed by atoms with E-state index in [-0.39, 0.29) is 29.1 Å². The van der Waals surface area contributed by atoms with Crippen molar-refractivity contribution in [3.05, 3.63) is 76.4 Å². The fourth-order valence-electron chi connectivity index (χ4n) is 2.77. The minimum atomic E-state index is -0.763. The molecule has 0 aliphatic heterocycles. The largest absolute Gasteiger partial charge is 0.462 e. The molecule has 0 fully saturated rings. The molecule has 4 heteroatoms. The molecule has 1 aliphatic carbocycles. The van der Waals surface area contributed by atoms with Crippen molar-refractivity contribution in [3.63, 3.8) is 0 Å². The summed E-state index contributed by atoms with van der Waals surface area (Å²) in [7, 11) is 0. The van der Waals surface area contributed by atoms with Crippen LogP contribution in [0.15, 0.2) is 54.1 Å². The van der Waals surface area contributed by atoms with Crippen molar-refractivity contribution in [2.24, 2.45) is 0 Å². The normalized spacial score (nSPS) is 13.8. The Kier molecular flexibility index (Phi) is 4.13. The van der Waals surface area contributed by atoms with Gasteiger partial charge in [0.05, 0.1) is 6.61 Å². The molecule has 0 heterocycles. The highest BCUT2D eigenvalue weighted by Crippen LogP contribution is 2.33. The average Bonchev–Trinajstić information content (AvgIpc) is 2.59. The summed E-state index contributed by atoms with van der Waals surface area (Å²) in [5, 5.41) is 0. The Morgan fingerprint density at radius 1 is 0.917 bits per heavy atom. The van der Waals surface area contributed by atoms with Gasteiger partial charge in [-0.15, -0.1) is 0 Å². The van der Waals surface area contributed by atoms with Crippen molar-refractivity contribution in [2.75, 3.05) is 6.61 Å². The number of ketones is 2. The first kappa shape index (κ1) is 15.9. The average molecular weight is 320 g/mol. The van der Waals surface area contributed by atoms with E-state index in [0.29, 0.717) is 11.1 Å². The number of fused-ring (bicyclic) bond motifs is 1. The number of hydrogen-bond acceptors (Lipinski definition) is 4. The molecule has 0 saturated carbocycles. The van der Waals surface area contributed by atoms with Crippen molar-refractivity contribution in [3.8, 4) is 0 Å². The first-order chi connectivity index (χ1) is 11.5. The highest BCUT2D eigenvalue weighted by molar-refractivity contribution is 6.46. The lowest BCUT2D eigenvalue weighted by molar-refractivity contribution is -0.138. The molecule has 120 valence electrons. The molecule has 0 aromatic heterocycles. The van der Waals surface area contributed by atoms with E-state index in [9.17, 15) is 14.4 Å². The van der Waals surface area contributed by atoms with Gasteiger partial charge in [-0.1, -0.05) is 54.1 Å². The third-order valence-electron chi connectivity index (χ3n) is 3.94. The minimum Gasteiger partial charge on any atom is -0.462 e. The molecule has 2 aromatic rings. The maximum Gasteiger partial charge on any atom is 0.342 e. The Hall–Kier alpha value is -3.01. The van der Waals surface area contributed by atoms with E-state index >= 15 is 0 Å². The molecule has 3 rings (SSSR count). The van der Waals surface area contributed by atoms with E-state index < -0.39 is 11.8 Å². The summed E-state index contributed by atoms with van der Waals surface area (Å²) in [5.74, 6) is -1.57. The monoisotopic (exact) mass is 320 g/mol. The van der Waals surface area contributed by atoms with Crippen LogP contribution in [0.3, 0.4) is 0 Å². The third-order valence-corrected chi connectivity index (χ3v) is 3.94. The molecule has 0 saturated heterocycles. The standard InChI is InChI=1S/C20H16O4/c1-3-24-20(23)17-16(13-10-8-12(2)9-11-13)18(21)14-6-4-5-7-15(14)19(17)22/h4-11H,3H2,1-2H3. The van der Waals surface area contributed by atoms with E-state index in [1.807, 2.05) is 19.1 Å². The Bertz CT molecular complexity index is 873. The lowest BCUT2D eigenvalue weighted by atomic mass is 9.81. The molecule has 0 amide bonds. The topological polar surface area (TPSA) is 60.4 Å². The zero-order chi connectivity index (χ0) is 17.3. The van der Waals surface area contributed by atoms with Gasteiger partial charge in [0.2, 0.25) is 5.78 Å².